The summed E-state index contributed by atoms with van der Waals surface area (Å²) in [6.45, 7) is 26.4. The summed E-state index contributed by atoms with van der Waals surface area (Å²) in [5, 5.41) is 0. The molecule has 1 unspecified atom stereocenters. The molecule has 0 bridgehead atoms. The van der Waals surface area contributed by atoms with E-state index in [1.54, 1.807) is 0 Å². The van der Waals surface area contributed by atoms with Crippen LogP contribution in [0.15, 0.2) is 90.6 Å². The van der Waals surface area contributed by atoms with Gasteiger partial charge in [-0.3, -0.25) is 0 Å². The Morgan fingerprint density at radius 2 is 1.72 bits per heavy atom. The third kappa shape index (κ3) is 12.0. The zero-order valence-electron chi connectivity index (χ0n) is 26.7. The van der Waals surface area contributed by atoms with E-state index >= 15 is 0 Å². The Morgan fingerprint density at radius 3 is 2.31 bits per heavy atom. The van der Waals surface area contributed by atoms with Crippen LogP contribution in [0.4, 0.5) is 0 Å². The molecule has 0 saturated carbocycles. The molecule has 0 radical (unpaired) electrons. The average molecular weight is 527 g/mol. The van der Waals surface area contributed by atoms with Gasteiger partial charge >= 0.3 is 0 Å². The van der Waals surface area contributed by atoms with E-state index in [4.69, 9.17) is 0 Å². The molecule has 0 amide bonds. The minimum atomic E-state index is 0.787. The van der Waals surface area contributed by atoms with Crippen molar-refractivity contribution in [2.24, 2.45) is 11.8 Å². The maximum atomic E-state index is 4.48. The maximum absolute atomic E-state index is 4.48. The molecule has 1 atom stereocenters. The molecule has 1 aromatic carbocycles. The fraction of sp³-hybridized carbons (Fsp3) is 0.487. The van der Waals surface area contributed by atoms with Crippen LogP contribution in [0.3, 0.4) is 0 Å². The van der Waals surface area contributed by atoms with Crippen LogP contribution in [0.25, 0.3) is 11.1 Å². The molecular weight excluding hydrogens is 468 g/mol. The number of rotatable bonds is 16. The Morgan fingerprint density at radius 1 is 0.974 bits per heavy atom. The van der Waals surface area contributed by atoms with Crippen molar-refractivity contribution in [1.82, 2.24) is 0 Å². The number of unbranched alkanes of at least 4 members (excludes halogenated alkanes) is 1. The van der Waals surface area contributed by atoms with Crippen molar-refractivity contribution in [3.63, 3.8) is 0 Å². The lowest BCUT2D eigenvalue weighted by molar-refractivity contribution is 0.324. The number of hydrogen-bond donors (Lipinski definition) is 0. The minimum Gasteiger partial charge on any atom is -0.0952 e. The van der Waals surface area contributed by atoms with Crippen LogP contribution >= 0.6 is 0 Å². The summed E-state index contributed by atoms with van der Waals surface area (Å²) in [7, 11) is 0. The van der Waals surface area contributed by atoms with Crippen LogP contribution in [0.5, 0.6) is 0 Å². The third-order valence-corrected chi connectivity index (χ3v) is 7.92. The lowest BCUT2D eigenvalue weighted by Crippen LogP contribution is -2.08. The Kier molecular flexibility index (Phi) is 17.2. The number of allylic oxidation sites excluding steroid dienone is 12. The Balaban J connectivity index is 0.00000371. The largest absolute Gasteiger partial charge is 0.0952 e. The summed E-state index contributed by atoms with van der Waals surface area (Å²) in [6, 6.07) is 6.71. The second kappa shape index (κ2) is 19.5. The normalized spacial score (nSPS) is 14.4. The van der Waals surface area contributed by atoms with Crippen molar-refractivity contribution in [3.05, 3.63) is 107 Å². The van der Waals surface area contributed by atoms with Gasteiger partial charge in [-0.15, -0.1) is 0 Å². The first-order valence-corrected chi connectivity index (χ1v) is 15.6. The van der Waals surface area contributed by atoms with Gasteiger partial charge in [0, 0.05) is 0 Å². The molecule has 39 heavy (non-hydrogen) atoms. The zero-order valence-corrected chi connectivity index (χ0v) is 26.7. The standard InChI is InChI=1S/C37H52.C2H6/c1-9-16-35(28(4)5)20-15-12-17-30(7)37-27-36(25-22-31(37)8)29(6)21-24-33(10-2)34(11-3)26-23-32-18-13-14-19-32;1-2/h10-11,13,18-19,21-22,24-25,27-28,35H,6-7,9,12,14-17,20,23,26H2,1-5,8H3;1-2H3/b24-21-,33-10+,34-11?;. The summed E-state index contributed by atoms with van der Waals surface area (Å²) in [6.07, 6.45) is 26.5. The molecule has 0 heteroatoms. The highest BCUT2D eigenvalue weighted by Gasteiger charge is 2.12. The van der Waals surface area contributed by atoms with Crippen molar-refractivity contribution < 1.29 is 0 Å². The summed E-state index contributed by atoms with van der Waals surface area (Å²) in [5.41, 5.74) is 10.2. The van der Waals surface area contributed by atoms with Gasteiger partial charge in [-0.1, -0.05) is 134 Å². The van der Waals surface area contributed by atoms with Gasteiger partial charge in [-0.2, -0.15) is 0 Å². The van der Waals surface area contributed by atoms with E-state index in [1.165, 1.54) is 71.1 Å². The Labute approximate surface area is 243 Å². The lowest BCUT2D eigenvalue weighted by atomic mass is 9.86. The van der Waals surface area contributed by atoms with Crippen molar-refractivity contribution >= 4 is 11.1 Å². The monoisotopic (exact) mass is 526 g/mol. The average Bonchev–Trinajstić information content (AvgIpc) is 3.47. The van der Waals surface area contributed by atoms with E-state index in [-0.39, 0.29) is 0 Å². The fourth-order valence-corrected chi connectivity index (χ4v) is 5.37. The first kappa shape index (κ1) is 34.4. The molecule has 1 aliphatic carbocycles. The smallest absolute Gasteiger partial charge is 0.0160 e. The van der Waals surface area contributed by atoms with Crippen LogP contribution in [-0.2, 0) is 0 Å². The van der Waals surface area contributed by atoms with Crippen LogP contribution in [0, 0.1) is 18.8 Å². The fourth-order valence-electron chi connectivity index (χ4n) is 5.37. The van der Waals surface area contributed by atoms with E-state index in [2.05, 4.69) is 115 Å². The molecule has 1 aliphatic rings. The molecule has 0 spiro atoms. The van der Waals surface area contributed by atoms with Gasteiger partial charge in [0.1, 0.15) is 0 Å². The topological polar surface area (TPSA) is 0 Å². The zero-order chi connectivity index (χ0) is 29.2. The van der Waals surface area contributed by atoms with Gasteiger partial charge in [0.25, 0.3) is 0 Å². The van der Waals surface area contributed by atoms with Crippen LogP contribution < -0.4 is 0 Å². The number of hydrogen-bond acceptors (Lipinski definition) is 0. The predicted octanol–water partition coefficient (Wildman–Crippen LogP) is 12.8. The van der Waals surface area contributed by atoms with Gasteiger partial charge < -0.3 is 0 Å². The first-order valence-electron chi connectivity index (χ1n) is 15.6. The van der Waals surface area contributed by atoms with Gasteiger partial charge in [-0.25, -0.2) is 0 Å². The molecule has 0 heterocycles. The lowest BCUT2D eigenvalue weighted by Gasteiger charge is -2.20. The summed E-state index contributed by atoms with van der Waals surface area (Å²) in [5.74, 6) is 1.65. The highest BCUT2D eigenvalue weighted by molar-refractivity contribution is 5.77. The number of aryl methyl sites for hydroxylation is 1. The van der Waals surface area contributed by atoms with Gasteiger partial charge in [0.15, 0.2) is 0 Å². The molecule has 214 valence electrons. The maximum Gasteiger partial charge on any atom is -0.0160 e. The Hall–Kier alpha value is -2.60. The van der Waals surface area contributed by atoms with E-state index < -0.39 is 0 Å². The van der Waals surface area contributed by atoms with Gasteiger partial charge in [0.05, 0.1) is 0 Å². The van der Waals surface area contributed by atoms with Crippen LogP contribution in [-0.4, -0.2) is 0 Å². The quantitative estimate of drug-likeness (QED) is 0.148. The second-order valence-corrected chi connectivity index (χ2v) is 11.0. The van der Waals surface area contributed by atoms with E-state index in [1.807, 2.05) is 13.8 Å². The Bertz CT molecular complexity index is 1050. The third-order valence-electron chi connectivity index (χ3n) is 7.92. The molecule has 0 saturated heterocycles. The summed E-state index contributed by atoms with van der Waals surface area (Å²) >= 11 is 0. The van der Waals surface area contributed by atoms with Gasteiger partial charge in [-0.05, 0) is 110 Å². The van der Waals surface area contributed by atoms with E-state index in [9.17, 15) is 0 Å². The molecule has 0 fully saturated rings. The molecule has 2 rings (SSSR count). The van der Waals surface area contributed by atoms with Gasteiger partial charge in [0.2, 0.25) is 0 Å². The molecular formula is C39H58. The molecule has 0 nitrogen and oxygen atoms in total. The van der Waals surface area contributed by atoms with Crippen molar-refractivity contribution in [3.8, 4) is 0 Å². The van der Waals surface area contributed by atoms with Crippen LogP contribution in [0.1, 0.15) is 123 Å². The van der Waals surface area contributed by atoms with Crippen LogP contribution in [0.2, 0.25) is 0 Å². The summed E-state index contributed by atoms with van der Waals surface area (Å²) < 4.78 is 0. The van der Waals surface area contributed by atoms with Crippen molar-refractivity contribution in [2.75, 3.05) is 0 Å². The minimum absolute atomic E-state index is 0.787. The highest BCUT2D eigenvalue weighted by Crippen LogP contribution is 2.29. The van der Waals surface area contributed by atoms with E-state index in [0.717, 1.165) is 43.1 Å². The molecule has 0 N–H and O–H groups in total. The summed E-state index contributed by atoms with van der Waals surface area (Å²) in [4.78, 5) is 0. The number of benzene rings is 1. The molecule has 1 aromatic rings. The van der Waals surface area contributed by atoms with Crippen molar-refractivity contribution in [2.45, 2.75) is 113 Å². The molecule has 0 aliphatic heterocycles. The highest BCUT2D eigenvalue weighted by atomic mass is 14.2. The van der Waals surface area contributed by atoms with E-state index in [0.29, 0.717) is 0 Å². The SMILES string of the molecule is C=C(/C=C\C(=C/C)C(=CC)CCC1=CCC=C1)c1ccc(C)c(C(=C)CCCCC(CCC)C(C)C)c1.CC. The van der Waals surface area contributed by atoms with Crippen molar-refractivity contribution in [1.29, 1.82) is 0 Å². The molecule has 0 aromatic heterocycles. The second-order valence-electron chi connectivity index (χ2n) is 11.0. The predicted molar refractivity (Wildman–Crippen MR) is 180 cm³/mol. The first-order chi connectivity index (χ1) is 18.8.